The number of carboxylic acid groups (broad SMARTS) is 1. The van der Waals surface area contributed by atoms with Gasteiger partial charge in [-0.1, -0.05) is 6.42 Å². The Kier molecular flexibility index (Phi) is 7.66. The second kappa shape index (κ2) is 9.03. The summed E-state index contributed by atoms with van der Waals surface area (Å²) in [4.78, 5) is 22.5. The first-order chi connectivity index (χ1) is 9.15. The Morgan fingerprint density at radius 1 is 1.32 bits per heavy atom. The Labute approximate surface area is 117 Å². The van der Waals surface area contributed by atoms with E-state index in [9.17, 15) is 9.59 Å². The van der Waals surface area contributed by atoms with Gasteiger partial charge in [-0.25, -0.2) is 4.79 Å². The molecule has 110 valence electrons. The smallest absolute Gasteiger partial charge is 0.315 e. The zero-order valence-corrected chi connectivity index (χ0v) is 12.0. The van der Waals surface area contributed by atoms with Crippen molar-refractivity contribution >= 4 is 23.8 Å². The van der Waals surface area contributed by atoms with Gasteiger partial charge in [0.15, 0.2) is 0 Å². The summed E-state index contributed by atoms with van der Waals surface area (Å²) >= 11 is 1.82. The number of rotatable bonds is 8. The van der Waals surface area contributed by atoms with Gasteiger partial charge in [-0.3, -0.25) is 4.79 Å². The van der Waals surface area contributed by atoms with Crippen molar-refractivity contribution in [2.45, 2.75) is 25.3 Å². The van der Waals surface area contributed by atoms with E-state index in [0.29, 0.717) is 6.54 Å². The Bertz CT molecular complexity index is 301. The van der Waals surface area contributed by atoms with Crippen LogP contribution in [-0.2, 0) is 9.53 Å². The van der Waals surface area contributed by atoms with Crippen LogP contribution in [-0.4, -0.2) is 54.9 Å². The third-order valence-corrected chi connectivity index (χ3v) is 3.72. The fourth-order valence-corrected chi connectivity index (χ4v) is 2.40. The van der Waals surface area contributed by atoms with Crippen molar-refractivity contribution in [1.29, 1.82) is 0 Å². The van der Waals surface area contributed by atoms with Crippen LogP contribution in [0.5, 0.6) is 0 Å². The number of amides is 2. The maximum absolute atomic E-state index is 11.6. The van der Waals surface area contributed by atoms with Crippen LogP contribution in [0, 0.1) is 5.92 Å². The molecule has 7 heteroatoms. The number of nitrogens with one attached hydrogen (secondary N) is 2. The largest absolute Gasteiger partial charge is 0.481 e. The number of carbonyl (C=O) groups excluding carboxylic acids is 1. The molecule has 1 fully saturated rings. The zero-order chi connectivity index (χ0) is 14.1. The number of carboxylic acids is 1. The molecule has 0 spiro atoms. The van der Waals surface area contributed by atoms with Gasteiger partial charge < -0.3 is 20.5 Å². The van der Waals surface area contributed by atoms with E-state index >= 15 is 0 Å². The molecular weight excluding hydrogens is 268 g/mol. The molecule has 0 radical (unpaired) electrons. The van der Waals surface area contributed by atoms with E-state index in [1.54, 1.807) is 0 Å². The molecule has 1 aliphatic rings. The number of hydrogen-bond acceptors (Lipinski definition) is 4. The lowest BCUT2D eigenvalue weighted by Crippen LogP contribution is -2.47. The molecule has 3 N–H and O–H groups in total. The maximum Gasteiger partial charge on any atom is 0.315 e. The van der Waals surface area contributed by atoms with Crippen molar-refractivity contribution in [3.63, 3.8) is 0 Å². The highest BCUT2D eigenvalue weighted by molar-refractivity contribution is 7.98. The second-order valence-electron chi connectivity index (χ2n) is 4.54. The summed E-state index contributed by atoms with van der Waals surface area (Å²) in [7, 11) is 0. The van der Waals surface area contributed by atoms with E-state index in [2.05, 4.69) is 16.9 Å². The highest BCUT2D eigenvalue weighted by atomic mass is 32.2. The minimum Gasteiger partial charge on any atom is -0.481 e. The lowest BCUT2D eigenvalue weighted by molar-refractivity contribution is -0.142. The van der Waals surface area contributed by atoms with Gasteiger partial charge in [0.05, 0.1) is 19.3 Å². The highest BCUT2D eigenvalue weighted by Gasteiger charge is 2.34. The fourth-order valence-electron chi connectivity index (χ4n) is 1.91. The summed E-state index contributed by atoms with van der Waals surface area (Å²) in [5.74, 6) is -0.432. The van der Waals surface area contributed by atoms with E-state index in [1.165, 1.54) is 0 Å². The van der Waals surface area contributed by atoms with Crippen LogP contribution in [0.4, 0.5) is 4.79 Å². The minimum atomic E-state index is -0.931. The van der Waals surface area contributed by atoms with Gasteiger partial charge in [-0.15, -0.1) is 0 Å². The van der Waals surface area contributed by atoms with E-state index in [4.69, 9.17) is 9.84 Å². The number of urea groups is 1. The number of ether oxygens (including phenoxy) is 1. The van der Waals surface area contributed by atoms with Gasteiger partial charge in [-0.2, -0.15) is 11.8 Å². The normalized spacial score (nSPS) is 22.2. The van der Waals surface area contributed by atoms with Crippen LogP contribution in [0.1, 0.15) is 19.3 Å². The summed E-state index contributed by atoms with van der Waals surface area (Å²) in [6.07, 6.45) is 5.26. The second-order valence-corrected chi connectivity index (χ2v) is 5.53. The third-order valence-electron chi connectivity index (χ3n) is 3.03. The predicted octanol–water partition coefficient (Wildman–Crippen LogP) is 0.918. The van der Waals surface area contributed by atoms with E-state index in [0.717, 1.165) is 25.0 Å². The molecule has 0 aromatic rings. The standard InChI is InChI=1S/C12H22N2O4S/c1-19-6-4-2-3-5-13-12(17)14-10-8-18-7-9(10)11(15)16/h9-10H,2-8H2,1H3,(H,15,16)(H2,13,14,17). The highest BCUT2D eigenvalue weighted by Crippen LogP contribution is 2.13. The Morgan fingerprint density at radius 2 is 2.11 bits per heavy atom. The molecule has 0 bridgehead atoms. The summed E-state index contributed by atoms with van der Waals surface area (Å²) in [5, 5.41) is 14.3. The molecule has 1 heterocycles. The summed E-state index contributed by atoms with van der Waals surface area (Å²) < 4.78 is 5.08. The quantitative estimate of drug-likeness (QED) is 0.579. The Morgan fingerprint density at radius 3 is 2.79 bits per heavy atom. The molecule has 1 rings (SSSR count). The molecule has 0 aliphatic carbocycles. The molecule has 1 saturated heterocycles. The van der Waals surface area contributed by atoms with Crippen LogP contribution in [0.15, 0.2) is 0 Å². The summed E-state index contributed by atoms with van der Waals surface area (Å²) in [6, 6.07) is -0.749. The first-order valence-corrected chi connectivity index (χ1v) is 7.88. The molecule has 6 nitrogen and oxygen atoms in total. The molecule has 2 atom stereocenters. The fraction of sp³-hybridized carbons (Fsp3) is 0.833. The van der Waals surface area contributed by atoms with Crippen LogP contribution in [0.3, 0.4) is 0 Å². The monoisotopic (exact) mass is 290 g/mol. The first-order valence-electron chi connectivity index (χ1n) is 6.49. The van der Waals surface area contributed by atoms with E-state index in [-0.39, 0.29) is 19.2 Å². The summed E-state index contributed by atoms with van der Waals surface area (Å²) in [5.41, 5.74) is 0. The van der Waals surface area contributed by atoms with Crippen LogP contribution < -0.4 is 10.6 Å². The van der Waals surface area contributed by atoms with Gasteiger partial charge in [0.25, 0.3) is 0 Å². The van der Waals surface area contributed by atoms with Crippen molar-refractivity contribution in [2.75, 3.05) is 31.8 Å². The van der Waals surface area contributed by atoms with Gasteiger partial charge in [0.1, 0.15) is 5.92 Å². The van der Waals surface area contributed by atoms with E-state index in [1.807, 2.05) is 11.8 Å². The molecule has 0 saturated carbocycles. The number of unbranched alkanes of at least 4 members (excludes halogenated alkanes) is 2. The first kappa shape index (κ1) is 16.1. The molecule has 0 aromatic carbocycles. The number of carbonyl (C=O) groups is 2. The molecule has 0 aromatic heterocycles. The van der Waals surface area contributed by atoms with Gasteiger partial charge in [-0.05, 0) is 24.9 Å². The zero-order valence-electron chi connectivity index (χ0n) is 11.2. The average molecular weight is 290 g/mol. The molecule has 2 unspecified atom stereocenters. The lowest BCUT2D eigenvalue weighted by atomic mass is 10.0. The van der Waals surface area contributed by atoms with Gasteiger partial charge >= 0.3 is 12.0 Å². The van der Waals surface area contributed by atoms with Gasteiger partial charge in [0, 0.05) is 6.54 Å². The van der Waals surface area contributed by atoms with Crippen molar-refractivity contribution in [3.05, 3.63) is 0 Å². The minimum absolute atomic E-state index is 0.162. The van der Waals surface area contributed by atoms with Crippen molar-refractivity contribution in [1.82, 2.24) is 10.6 Å². The molecular formula is C12H22N2O4S. The maximum atomic E-state index is 11.6. The van der Waals surface area contributed by atoms with Crippen LogP contribution in [0.25, 0.3) is 0 Å². The van der Waals surface area contributed by atoms with Crippen LogP contribution in [0.2, 0.25) is 0 Å². The van der Waals surface area contributed by atoms with Gasteiger partial charge in [0.2, 0.25) is 0 Å². The number of aliphatic carboxylic acids is 1. The van der Waals surface area contributed by atoms with Crippen LogP contribution >= 0.6 is 11.8 Å². The lowest BCUT2D eigenvalue weighted by Gasteiger charge is -2.16. The topological polar surface area (TPSA) is 87.7 Å². The SMILES string of the molecule is CSCCCCCNC(=O)NC1COCC1C(=O)O. The molecule has 1 aliphatic heterocycles. The Balaban J connectivity index is 2.12. The third kappa shape index (κ3) is 6.15. The molecule has 19 heavy (non-hydrogen) atoms. The van der Waals surface area contributed by atoms with Crippen molar-refractivity contribution < 1.29 is 19.4 Å². The number of hydrogen-bond donors (Lipinski definition) is 3. The average Bonchev–Trinajstić information content (AvgIpc) is 2.81. The molecule has 2 amide bonds. The van der Waals surface area contributed by atoms with Crippen molar-refractivity contribution in [2.24, 2.45) is 5.92 Å². The van der Waals surface area contributed by atoms with Crippen molar-refractivity contribution in [3.8, 4) is 0 Å². The Hall–Kier alpha value is -0.950. The van der Waals surface area contributed by atoms with E-state index < -0.39 is 17.9 Å². The summed E-state index contributed by atoms with van der Waals surface area (Å²) in [6.45, 7) is 1.04. The predicted molar refractivity (Wildman–Crippen MR) is 74.5 cm³/mol. The number of thioether (sulfide) groups is 1.